The third-order valence-corrected chi connectivity index (χ3v) is 4.02. The lowest BCUT2D eigenvalue weighted by molar-refractivity contribution is 0.174. The average molecular weight is 434 g/mol. The zero-order valence-electron chi connectivity index (χ0n) is 14.5. The van der Waals surface area contributed by atoms with Crippen LogP contribution in [0.3, 0.4) is 0 Å². The predicted octanol–water partition coefficient (Wildman–Crippen LogP) is 2.04. The molecule has 0 saturated heterocycles. The molecule has 0 radical (unpaired) electrons. The summed E-state index contributed by atoms with van der Waals surface area (Å²) in [7, 11) is 5.92. The van der Waals surface area contributed by atoms with Crippen LogP contribution >= 0.6 is 24.0 Å². The van der Waals surface area contributed by atoms with Crippen molar-refractivity contribution >= 4 is 29.9 Å². The van der Waals surface area contributed by atoms with Crippen LogP contribution in [-0.4, -0.2) is 50.9 Å². The summed E-state index contributed by atoms with van der Waals surface area (Å²) < 4.78 is 10.7. The number of aliphatic imine (C=N–C) groups is 1. The van der Waals surface area contributed by atoms with E-state index in [1.807, 2.05) is 18.2 Å². The van der Waals surface area contributed by atoms with Gasteiger partial charge in [-0.1, -0.05) is 6.07 Å². The molecule has 0 bridgehead atoms. The van der Waals surface area contributed by atoms with Crippen LogP contribution < -0.4 is 20.1 Å². The predicted molar refractivity (Wildman–Crippen MR) is 104 cm³/mol. The third kappa shape index (κ3) is 5.42. The second-order valence-corrected chi connectivity index (χ2v) is 6.17. The van der Waals surface area contributed by atoms with Crippen molar-refractivity contribution in [3.63, 3.8) is 0 Å². The van der Waals surface area contributed by atoms with Crippen molar-refractivity contribution < 1.29 is 9.47 Å². The number of fused-ring (bicyclic) bond motifs is 1. The number of hydrogen-bond donors (Lipinski definition) is 2. The fourth-order valence-corrected chi connectivity index (χ4v) is 1.92. The van der Waals surface area contributed by atoms with Gasteiger partial charge in [0.1, 0.15) is 0 Å². The normalized spacial score (nSPS) is 13.7. The molecule has 130 valence electrons. The smallest absolute Gasteiger partial charge is 0.231 e. The van der Waals surface area contributed by atoms with Crippen molar-refractivity contribution in [3.05, 3.63) is 23.8 Å². The number of likely N-dealkylation sites (N-methyl/N-ethyl adjacent to an activating group) is 1. The summed E-state index contributed by atoms with van der Waals surface area (Å²) in [6.07, 6.45) is 0. The summed E-state index contributed by atoms with van der Waals surface area (Å²) >= 11 is 0. The molecule has 23 heavy (non-hydrogen) atoms. The van der Waals surface area contributed by atoms with Gasteiger partial charge in [-0.3, -0.25) is 4.99 Å². The molecule has 2 N–H and O–H groups in total. The maximum Gasteiger partial charge on any atom is 0.231 e. The lowest BCUT2D eigenvalue weighted by atomic mass is 10.0. The van der Waals surface area contributed by atoms with Crippen molar-refractivity contribution in [2.75, 3.05) is 34.5 Å². The molecule has 1 aliphatic rings. The minimum atomic E-state index is 0. The fourth-order valence-electron chi connectivity index (χ4n) is 1.92. The molecule has 1 aromatic rings. The van der Waals surface area contributed by atoms with E-state index in [4.69, 9.17) is 9.47 Å². The zero-order chi connectivity index (χ0) is 16.2. The van der Waals surface area contributed by atoms with E-state index in [0.717, 1.165) is 29.6 Å². The van der Waals surface area contributed by atoms with E-state index >= 15 is 0 Å². The molecule has 7 heteroatoms. The Kier molecular flexibility index (Phi) is 7.40. The summed E-state index contributed by atoms with van der Waals surface area (Å²) in [6, 6.07) is 5.95. The van der Waals surface area contributed by atoms with Crippen LogP contribution in [-0.2, 0) is 6.54 Å². The van der Waals surface area contributed by atoms with E-state index in [2.05, 4.69) is 48.5 Å². The number of ether oxygens (including phenoxy) is 2. The van der Waals surface area contributed by atoms with Gasteiger partial charge in [0.2, 0.25) is 6.79 Å². The Labute approximate surface area is 155 Å². The summed E-state index contributed by atoms with van der Waals surface area (Å²) in [5, 5.41) is 6.67. The average Bonchev–Trinajstić information content (AvgIpc) is 2.94. The van der Waals surface area contributed by atoms with E-state index < -0.39 is 0 Å². The van der Waals surface area contributed by atoms with Crippen molar-refractivity contribution in [2.24, 2.45) is 4.99 Å². The summed E-state index contributed by atoms with van der Waals surface area (Å²) in [5.41, 5.74) is 1.18. The Hall–Kier alpha value is -1.22. The first-order valence-electron chi connectivity index (χ1n) is 7.43. The second-order valence-electron chi connectivity index (χ2n) is 6.17. The topological polar surface area (TPSA) is 58.1 Å². The van der Waals surface area contributed by atoms with Crippen molar-refractivity contribution in [3.8, 4) is 11.5 Å². The largest absolute Gasteiger partial charge is 0.454 e. The number of benzene rings is 1. The summed E-state index contributed by atoms with van der Waals surface area (Å²) in [4.78, 5) is 6.44. The van der Waals surface area contributed by atoms with Crippen molar-refractivity contribution in [2.45, 2.75) is 25.9 Å². The molecule has 1 aliphatic heterocycles. The molecule has 2 rings (SSSR count). The van der Waals surface area contributed by atoms with Crippen LogP contribution in [0.5, 0.6) is 11.5 Å². The first-order valence-corrected chi connectivity index (χ1v) is 7.43. The molecular formula is C16H27IN4O2. The Morgan fingerprint density at radius 3 is 2.57 bits per heavy atom. The van der Waals surface area contributed by atoms with Crippen molar-refractivity contribution in [1.82, 2.24) is 15.5 Å². The molecule has 1 heterocycles. The van der Waals surface area contributed by atoms with Crippen LogP contribution in [0.15, 0.2) is 23.2 Å². The van der Waals surface area contributed by atoms with Gasteiger partial charge >= 0.3 is 0 Å². The minimum absolute atomic E-state index is 0. The van der Waals surface area contributed by atoms with Gasteiger partial charge in [0.25, 0.3) is 0 Å². The highest BCUT2D eigenvalue weighted by Gasteiger charge is 2.20. The van der Waals surface area contributed by atoms with Crippen LogP contribution in [0.25, 0.3) is 0 Å². The Morgan fingerprint density at radius 1 is 1.22 bits per heavy atom. The van der Waals surface area contributed by atoms with Gasteiger partial charge in [-0.05, 0) is 45.6 Å². The molecule has 0 atom stereocenters. The molecule has 0 aromatic heterocycles. The lowest BCUT2D eigenvalue weighted by Crippen LogP contribution is -2.50. The molecule has 6 nitrogen and oxygen atoms in total. The number of halogens is 1. The first kappa shape index (κ1) is 19.8. The van der Waals surface area contributed by atoms with Crippen LogP contribution in [0.1, 0.15) is 19.4 Å². The molecule has 0 fully saturated rings. The number of nitrogens with zero attached hydrogens (tertiary/aromatic N) is 2. The highest BCUT2D eigenvalue weighted by Crippen LogP contribution is 2.32. The summed E-state index contributed by atoms with van der Waals surface area (Å²) in [6.45, 7) is 6.16. The molecular weight excluding hydrogens is 407 g/mol. The highest BCUT2D eigenvalue weighted by molar-refractivity contribution is 14.0. The number of rotatable bonds is 5. The maximum absolute atomic E-state index is 5.39. The molecule has 0 spiro atoms. The molecule has 1 aromatic carbocycles. The molecule has 0 saturated carbocycles. The number of guanidine groups is 1. The van der Waals surface area contributed by atoms with Gasteiger partial charge in [0.05, 0.1) is 0 Å². The minimum Gasteiger partial charge on any atom is -0.454 e. The summed E-state index contributed by atoms with van der Waals surface area (Å²) in [5.74, 6) is 2.39. The SMILES string of the molecule is CN=C(NCc1ccc2c(c1)OCO2)NCC(C)(C)N(C)C.I. The van der Waals surface area contributed by atoms with E-state index in [1.165, 1.54) is 0 Å². The zero-order valence-corrected chi connectivity index (χ0v) is 16.8. The molecule has 0 unspecified atom stereocenters. The second kappa shape index (κ2) is 8.58. The number of hydrogen-bond acceptors (Lipinski definition) is 4. The van der Waals surface area contributed by atoms with Gasteiger partial charge < -0.3 is 25.0 Å². The number of nitrogens with one attached hydrogen (secondary N) is 2. The Balaban J connectivity index is 0.00000264. The first-order chi connectivity index (χ1) is 10.4. The van der Waals surface area contributed by atoms with Crippen LogP contribution in [0, 0.1) is 0 Å². The third-order valence-electron chi connectivity index (χ3n) is 4.02. The quantitative estimate of drug-likeness (QED) is 0.422. The van der Waals surface area contributed by atoms with E-state index in [0.29, 0.717) is 13.3 Å². The fraction of sp³-hybridized carbons (Fsp3) is 0.562. The molecule has 0 aliphatic carbocycles. The van der Waals surface area contributed by atoms with E-state index in [1.54, 1.807) is 7.05 Å². The van der Waals surface area contributed by atoms with Gasteiger partial charge in [0, 0.05) is 25.7 Å². The van der Waals surface area contributed by atoms with E-state index in [-0.39, 0.29) is 29.5 Å². The Morgan fingerprint density at radius 2 is 1.91 bits per heavy atom. The van der Waals surface area contributed by atoms with Crippen LogP contribution in [0.4, 0.5) is 0 Å². The maximum atomic E-state index is 5.39. The van der Waals surface area contributed by atoms with Gasteiger partial charge in [-0.15, -0.1) is 24.0 Å². The van der Waals surface area contributed by atoms with Crippen LogP contribution in [0.2, 0.25) is 0 Å². The monoisotopic (exact) mass is 434 g/mol. The highest BCUT2D eigenvalue weighted by atomic mass is 127. The van der Waals surface area contributed by atoms with Gasteiger partial charge in [0.15, 0.2) is 17.5 Å². The Bertz CT molecular complexity index is 547. The molecule has 0 amide bonds. The van der Waals surface area contributed by atoms with Crippen molar-refractivity contribution in [1.29, 1.82) is 0 Å². The standard InChI is InChI=1S/C16H26N4O2.HI/c1-16(2,20(4)5)10-19-15(17-3)18-9-12-6-7-13-14(8-12)22-11-21-13;/h6-8H,9-11H2,1-5H3,(H2,17,18,19);1H. The lowest BCUT2D eigenvalue weighted by Gasteiger charge is -2.33. The van der Waals surface area contributed by atoms with Gasteiger partial charge in [-0.2, -0.15) is 0 Å². The van der Waals surface area contributed by atoms with Gasteiger partial charge in [-0.25, -0.2) is 0 Å². The van der Waals surface area contributed by atoms with E-state index in [9.17, 15) is 0 Å².